The Morgan fingerprint density at radius 3 is 2.48 bits per heavy atom. The van der Waals surface area contributed by atoms with Crippen molar-refractivity contribution in [2.24, 2.45) is 0 Å². The molecule has 0 unspecified atom stereocenters. The summed E-state index contributed by atoms with van der Waals surface area (Å²) in [7, 11) is 1.23. The standard InChI is InChI=1S/C30H24F7N3O4/c1-28(12-31)14-44-25-20(28)10-22(40-24(25)15-3-5-19(32)6-4-15)29(42,30(35,36)37)13-39-27(41)17-7-16-8-18(26(33)34)11-38-23(16)21(9-17)43-2/h3-11,26,42H,12-14H2,1-2H3,(H,39,41)/t28-,29+/m1/s1. The summed E-state index contributed by atoms with van der Waals surface area (Å²) in [4.78, 5) is 21.1. The summed E-state index contributed by atoms with van der Waals surface area (Å²) in [6.07, 6.45) is -7.35. The minimum Gasteiger partial charge on any atom is -0.494 e. The van der Waals surface area contributed by atoms with Crippen LogP contribution in [0.4, 0.5) is 30.7 Å². The van der Waals surface area contributed by atoms with E-state index in [1.54, 1.807) is 0 Å². The number of benzene rings is 2. The number of nitrogens with one attached hydrogen (secondary N) is 1. The molecule has 2 aromatic heterocycles. The fourth-order valence-corrected chi connectivity index (χ4v) is 4.85. The maximum absolute atomic E-state index is 14.6. The molecule has 14 heteroatoms. The quantitative estimate of drug-likeness (QED) is 0.228. The summed E-state index contributed by atoms with van der Waals surface area (Å²) >= 11 is 0. The minimum atomic E-state index is -5.41. The lowest BCUT2D eigenvalue weighted by Crippen LogP contribution is -2.51. The van der Waals surface area contributed by atoms with Crippen LogP contribution in [-0.4, -0.2) is 54.1 Å². The lowest BCUT2D eigenvalue weighted by atomic mass is 9.83. The van der Waals surface area contributed by atoms with Crippen LogP contribution in [0.25, 0.3) is 22.2 Å². The number of amides is 1. The van der Waals surface area contributed by atoms with Gasteiger partial charge in [0.25, 0.3) is 12.3 Å². The number of aliphatic hydroxyl groups is 1. The summed E-state index contributed by atoms with van der Waals surface area (Å²) < 4.78 is 109. The molecule has 2 atom stereocenters. The summed E-state index contributed by atoms with van der Waals surface area (Å²) in [5.41, 5.74) is -6.77. The van der Waals surface area contributed by atoms with Crippen molar-refractivity contribution in [3.8, 4) is 22.8 Å². The Bertz CT molecular complexity index is 1730. The maximum atomic E-state index is 14.6. The van der Waals surface area contributed by atoms with Crippen LogP contribution >= 0.6 is 0 Å². The van der Waals surface area contributed by atoms with E-state index in [-0.39, 0.29) is 51.4 Å². The number of alkyl halides is 6. The Morgan fingerprint density at radius 2 is 1.86 bits per heavy atom. The Kier molecular flexibility index (Phi) is 7.91. The molecule has 1 aliphatic heterocycles. The largest absolute Gasteiger partial charge is 0.494 e. The van der Waals surface area contributed by atoms with Crippen LogP contribution in [0.3, 0.4) is 0 Å². The Hall–Kier alpha value is -4.46. The van der Waals surface area contributed by atoms with Crippen LogP contribution in [0.15, 0.2) is 54.7 Å². The Balaban J connectivity index is 1.56. The van der Waals surface area contributed by atoms with Gasteiger partial charge in [-0.3, -0.25) is 9.78 Å². The normalized spacial score (nSPS) is 17.7. The molecule has 0 aliphatic carbocycles. The van der Waals surface area contributed by atoms with E-state index in [9.17, 15) is 40.6 Å². The van der Waals surface area contributed by atoms with E-state index in [0.717, 1.165) is 42.6 Å². The molecule has 2 N–H and O–H groups in total. The third-order valence-electron chi connectivity index (χ3n) is 7.47. The van der Waals surface area contributed by atoms with Crippen molar-refractivity contribution in [2.75, 3.05) is 26.9 Å². The molecule has 7 nitrogen and oxygen atoms in total. The topological polar surface area (TPSA) is 93.6 Å². The number of carbonyl (C=O) groups is 1. The molecule has 0 saturated heterocycles. The molecule has 44 heavy (non-hydrogen) atoms. The molecule has 0 saturated carbocycles. The first kappa shape index (κ1) is 31.0. The minimum absolute atomic E-state index is 0.0000682. The summed E-state index contributed by atoms with van der Waals surface area (Å²) in [5.74, 6) is -1.76. The number of ether oxygens (including phenoxy) is 2. The number of aromatic nitrogens is 2. The number of nitrogens with zero attached hydrogens (tertiary/aromatic N) is 2. The van der Waals surface area contributed by atoms with Gasteiger partial charge in [0.05, 0.1) is 24.8 Å². The summed E-state index contributed by atoms with van der Waals surface area (Å²) in [6, 6.07) is 8.82. The van der Waals surface area contributed by atoms with Crippen molar-refractivity contribution in [1.29, 1.82) is 0 Å². The number of hydrogen-bond acceptors (Lipinski definition) is 6. The van der Waals surface area contributed by atoms with Crippen molar-refractivity contribution in [2.45, 2.75) is 30.5 Å². The zero-order valence-corrected chi connectivity index (χ0v) is 23.1. The Morgan fingerprint density at radius 1 is 1.16 bits per heavy atom. The van der Waals surface area contributed by atoms with Crippen molar-refractivity contribution in [3.05, 3.63) is 82.9 Å². The van der Waals surface area contributed by atoms with E-state index in [0.29, 0.717) is 0 Å². The van der Waals surface area contributed by atoms with E-state index in [1.165, 1.54) is 26.2 Å². The number of methoxy groups -OCH3 is 1. The highest BCUT2D eigenvalue weighted by atomic mass is 19.4. The fraction of sp³-hybridized carbons (Fsp3) is 0.300. The smallest absolute Gasteiger partial charge is 0.424 e. The van der Waals surface area contributed by atoms with Gasteiger partial charge in [0.1, 0.15) is 41.8 Å². The lowest BCUT2D eigenvalue weighted by molar-refractivity contribution is -0.265. The molecule has 4 aromatic rings. The average Bonchev–Trinajstić information content (AvgIpc) is 3.34. The van der Waals surface area contributed by atoms with E-state index in [4.69, 9.17) is 9.47 Å². The molecule has 2 aromatic carbocycles. The fourth-order valence-electron chi connectivity index (χ4n) is 4.85. The van der Waals surface area contributed by atoms with Crippen LogP contribution in [0.1, 0.15) is 40.5 Å². The van der Waals surface area contributed by atoms with E-state index in [1.807, 2.05) is 5.32 Å². The van der Waals surface area contributed by atoms with Crippen LogP contribution in [-0.2, 0) is 11.0 Å². The summed E-state index contributed by atoms with van der Waals surface area (Å²) in [6.45, 7) is -1.26. The van der Waals surface area contributed by atoms with Gasteiger partial charge >= 0.3 is 6.18 Å². The molecule has 5 rings (SSSR count). The number of carbonyl (C=O) groups excluding carboxylic acids is 1. The van der Waals surface area contributed by atoms with Gasteiger partial charge in [-0.15, -0.1) is 0 Å². The highest BCUT2D eigenvalue weighted by Crippen LogP contribution is 2.48. The van der Waals surface area contributed by atoms with Crippen molar-refractivity contribution >= 4 is 16.8 Å². The molecule has 1 amide bonds. The number of hydrogen-bond donors (Lipinski definition) is 2. The first-order valence-corrected chi connectivity index (χ1v) is 13.0. The van der Waals surface area contributed by atoms with Crippen molar-refractivity contribution in [1.82, 2.24) is 15.3 Å². The zero-order valence-electron chi connectivity index (χ0n) is 23.1. The maximum Gasteiger partial charge on any atom is 0.424 e. The third kappa shape index (κ3) is 5.38. The molecule has 232 valence electrons. The number of pyridine rings is 2. The van der Waals surface area contributed by atoms with Crippen LogP contribution in [0, 0.1) is 5.82 Å². The van der Waals surface area contributed by atoms with Crippen molar-refractivity contribution in [3.63, 3.8) is 0 Å². The van der Waals surface area contributed by atoms with Gasteiger partial charge in [0.2, 0.25) is 5.60 Å². The lowest BCUT2D eigenvalue weighted by Gasteiger charge is -2.31. The predicted octanol–water partition coefficient (Wildman–Crippen LogP) is 6.18. The first-order valence-electron chi connectivity index (χ1n) is 13.0. The van der Waals surface area contributed by atoms with Crippen LogP contribution in [0.5, 0.6) is 11.5 Å². The Labute approximate surface area is 245 Å². The second-order valence-electron chi connectivity index (χ2n) is 10.6. The van der Waals surface area contributed by atoms with E-state index >= 15 is 0 Å². The van der Waals surface area contributed by atoms with Crippen LogP contribution < -0.4 is 14.8 Å². The van der Waals surface area contributed by atoms with Gasteiger partial charge in [0, 0.05) is 33.8 Å². The van der Waals surface area contributed by atoms with E-state index < -0.39 is 59.8 Å². The van der Waals surface area contributed by atoms with Gasteiger partial charge in [-0.25, -0.2) is 22.5 Å². The number of fused-ring (bicyclic) bond motifs is 2. The second kappa shape index (κ2) is 11.2. The molecular formula is C30H24F7N3O4. The second-order valence-corrected chi connectivity index (χ2v) is 10.6. The molecule has 0 radical (unpaired) electrons. The van der Waals surface area contributed by atoms with Crippen LogP contribution in [0.2, 0.25) is 0 Å². The van der Waals surface area contributed by atoms with Gasteiger partial charge in [-0.1, -0.05) is 0 Å². The predicted molar refractivity (Wildman–Crippen MR) is 144 cm³/mol. The SMILES string of the molecule is COc1cc(C(=O)NC[C@](O)(c2cc3c(c(-c4ccc(F)cc4)n2)OC[C@@]3(C)CF)C(F)(F)F)cc2cc(C(F)F)cnc12. The van der Waals surface area contributed by atoms with E-state index in [2.05, 4.69) is 9.97 Å². The number of halogens is 7. The molecule has 0 spiro atoms. The monoisotopic (exact) mass is 623 g/mol. The van der Waals surface area contributed by atoms with Gasteiger partial charge in [-0.05, 0) is 55.5 Å². The molecule has 3 heterocycles. The first-order chi connectivity index (χ1) is 20.7. The molecule has 0 bridgehead atoms. The average molecular weight is 624 g/mol. The highest BCUT2D eigenvalue weighted by molar-refractivity contribution is 6.00. The summed E-state index contributed by atoms with van der Waals surface area (Å²) in [5, 5.41) is 13.3. The van der Waals surface area contributed by atoms with Crippen molar-refractivity contribution < 1.29 is 50.1 Å². The number of rotatable bonds is 8. The van der Waals surface area contributed by atoms with Gasteiger partial charge in [0.15, 0.2) is 0 Å². The third-order valence-corrected chi connectivity index (χ3v) is 7.47. The van der Waals surface area contributed by atoms with Gasteiger partial charge in [-0.2, -0.15) is 13.2 Å². The highest BCUT2D eigenvalue weighted by Gasteiger charge is 2.57. The molecular weight excluding hydrogens is 599 g/mol. The molecule has 0 fully saturated rings. The van der Waals surface area contributed by atoms with Gasteiger partial charge < -0.3 is 19.9 Å². The molecule has 1 aliphatic rings. The zero-order chi connectivity index (χ0) is 32.0.